The van der Waals surface area contributed by atoms with Crippen molar-refractivity contribution in [2.45, 2.75) is 97.8 Å². The SMILES string of the molecule is [2H]c1c([2H])c([2H])c2c(c1[2H])c1c([2H])c([2H])c([2H])c([2H])c1n2-c1cc2c3c(c1)N(c1c(-c4ccccc4)cc(C(C)(C)C)cc1-c1ccccc1)c1ccccc1B3c1cc3c(cc1N2c1cc(C(C)(C)C)cc(C(C)(C)C)c1)Oc1cc(-c2cccc4c2C(C)(C)c2ccccc2-4)cc2c1B3c1ccccc1N2c1ccccc1. The van der Waals surface area contributed by atoms with Gasteiger partial charge in [-0.3, -0.25) is 0 Å². The number of anilines is 9. The molecule has 1 aromatic heterocycles. The van der Waals surface area contributed by atoms with Crippen molar-refractivity contribution in [2.24, 2.45) is 0 Å². The van der Waals surface area contributed by atoms with E-state index in [4.69, 9.17) is 4.74 Å². The molecule has 5 nitrogen and oxygen atoms in total. The summed E-state index contributed by atoms with van der Waals surface area (Å²) in [5.41, 5.74) is 28.0. The maximum atomic E-state index is 10.1. The Balaban J connectivity index is 0.951. The Labute approximate surface area is 635 Å². The van der Waals surface area contributed by atoms with Gasteiger partial charge in [-0.05, 0) is 195 Å². The van der Waals surface area contributed by atoms with Crippen LogP contribution in [0.3, 0.4) is 0 Å². The van der Waals surface area contributed by atoms with E-state index in [9.17, 15) is 11.0 Å². The largest absolute Gasteiger partial charge is 0.458 e. The van der Waals surface area contributed by atoms with Crippen molar-refractivity contribution >= 4 is 119 Å². The first-order valence-electron chi connectivity index (χ1n) is 41.1. The summed E-state index contributed by atoms with van der Waals surface area (Å²) in [6.07, 6.45) is 0. The van der Waals surface area contributed by atoms with Crippen LogP contribution in [0.1, 0.15) is 115 Å². The average Bonchev–Trinajstić information content (AvgIpc) is 1.38. The third-order valence-electron chi connectivity index (χ3n) is 23.2. The first-order valence-corrected chi connectivity index (χ1v) is 37.1. The lowest BCUT2D eigenvalue weighted by Crippen LogP contribution is -2.64. The van der Waals surface area contributed by atoms with Gasteiger partial charge in [-0.15, -0.1) is 0 Å². The second kappa shape index (κ2) is 23.1. The lowest BCUT2D eigenvalue weighted by molar-refractivity contribution is 0.488. The van der Waals surface area contributed by atoms with Crippen molar-refractivity contribution in [1.29, 1.82) is 0 Å². The Morgan fingerprint density at radius 1 is 0.340 bits per heavy atom. The molecule has 0 unspecified atom stereocenters. The molecule has 0 fully saturated rings. The van der Waals surface area contributed by atoms with E-state index in [1.165, 1.54) is 22.3 Å². The molecule has 0 amide bonds. The molecule has 106 heavy (non-hydrogen) atoms. The van der Waals surface area contributed by atoms with Gasteiger partial charge in [0, 0.05) is 78.9 Å². The number of hydrogen-bond donors (Lipinski definition) is 0. The molecule has 0 radical (unpaired) electrons. The Morgan fingerprint density at radius 3 is 1.44 bits per heavy atom. The number of rotatable bonds is 7. The predicted octanol–water partition coefficient (Wildman–Crippen LogP) is 22.5. The van der Waals surface area contributed by atoms with Crippen molar-refractivity contribution in [3.8, 4) is 61.7 Å². The van der Waals surface area contributed by atoms with Gasteiger partial charge in [-0.2, -0.15) is 0 Å². The highest BCUT2D eigenvalue weighted by Crippen LogP contribution is 2.56. The zero-order valence-electron chi connectivity index (χ0n) is 69.5. The molecule has 5 aliphatic rings. The van der Waals surface area contributed by atoms with E-state index in [1.807, 2.05) is 0 Å². The lowest BCUT2D eigenvalue weighted by Gasteiger charge is -2.46. The molecule has 5 heterocycles. The molecule has 0 saturated carbocycles. The van der Waals surface area contributed by atoms with E-state index in [2.05, 4.69) is 340 Å². The predicted molar refractivity (Wildman–Crippen MR) is 451 cm³/mol. The van der Waals surface area contributed by atoms with Gasteiger partial charge in [0.15, 0.2) is 0 Å². The van der Waals surface area contributed by atoms with Crippen LogP contribution in [0.15, 0.2) is 297 Å². The molecular weight excluding hydrogens is 1280 g/mol. The van der Waals surface area contributed by atoms with E-state index in [0.29, 0.717) is 11.4 Å². The molecule has 510 valence electrons. The Bertz CT molecular complexity index is 6530. The number of para-hydroxylation sites is 5. The first-order chi connectivity index (χ1) is 54.6. The smallest absolute Gasteiger partial charge is 0.256 e. The summed E-state index contributed by atoms with van der Waals surface area (Å²) in [6.45, 7) is 24.2. The van der Waals surface area contributed by atoms with Gasteiger partial charge in [-0.1, -0.05) is 282 Å². The summed E-state index contributed by atoms with van der Waals surface area (Å²) >= 11 is 0. The molecule has 20 rings (SSSR count). The summed E-state index contributed by atoms with van der Waals surface area (Å²) in [7, 11) is 0. The minimum absolute atomic E-state index is 0.00292. The van der Waals surface area contributed by atoms with Crippen molar-refractivity contribution in [3.63, 3.8) is 0 Å². The fraction of sp³-hybridized carbons (Fsp3) is 0.152. The van der Waals surface area contributed by atoms with E-state index < -0.39 is 43.0 Å². The van der Waals surface area contributed by atoms with E-state index in [1.54, 1.807) is 4.57 Å². The molecule has 1 aliphatic carbocycles. The van der Waals surface area contributed by atoms with Gasteiger partial charge in [0.1, 0.15) is 11.5 Å². The van der Waals surface area contributed by atoms with Crippen molar-refractivity contribution in [2.75, 3.05) is 14.7 Å². The first kappa shape index (κ1) is 55.7. The van der Waals surface area contributed by atoms with Crippen LogP contribution in [0.25, 0.3) is 72.0 Å². The molecule has 7 heteroatoms. The van der Waals surface area contributed by atoms with Crippen LogP contribution in [0.4, 0.5) is 51.2 Å². The van der Waals surface area contributed by atoms with Crippen LogP contribution < -0.4 is 52.2 Å². The zero-order valence-corrected chi connectivity index (χ0v) is 61.5. The van der Waals surface area contributed by atoms with Crippen LogP contribution in [-0.4, -0.2) is 18.0 Å². The fourth-order valence-electron chi connectivity index (χ4n) is 18.1. The standard InChI is InChI=1S/C99H82B2N4O/c1-96(2,3)64-52-65(97(4,5)6)54-68(53-64)104-86-60-90-81(101-78-44-25-29-48-84(78)102(67-36-19-14-20-37-67)87-50-63(51-91(106-90)94(87)101)70-41-31-42-74-71-38-21-24-43-77(71)99(10,11)92(70)74)59-80(86)100-79-45-26-30-49-85(79)105(89-58-69(57-88(104)93(89)100)103-82-46-27-22-39-72(82)73-40-23-28-47-83(73)103)95-75(61-32-15-12-16-33-61)55-66(98(7,8)9)56-76(95)62-34-17-13-18-35-62/h12-60H,1-11H3/i22D,23D,27D,28D,39D,40D,46D,47D. The van der Waals surface area contributed by atoms with Crippen molar-refractivity contribution in [1.82, 2.24) is 4.57 Å². The third kappa shape index (κ3) is 9.56. The summed E-state index contributed by atoms with van der Waals surface area (Å²) < 4.78 is 87.0. The number of benzene rings is 14. The Kier molecular flexibility index (Phi) is 12.1. The van der Waals surface area contributed by atoms with Gasteiger partial charge >= 0.3 is 0 Å². The highest BCUT2D eigenvalue weighted by molar-refractivity contribution is 7.02. The minimum Gasteiger partial charge on any atom is -0.458 e. The number of aromatic nitrogens is 1. The molecular formula is C99H82B2N4O. The van der Waals surface area contributed by atoms with Crippen molar-refractivity contribution in [3.05, 3.63) is 325 Å². The molecule has 4 aliphatic heterocycles. The second-order valence-corrected chi connectivity index (χ2v) is 33.0. The summed E-state index contributed by atoms with van der Waals surface area (Å²) in [4.78, 5) is 7.27. The maximum Gasteiger partial charge on any atom is 0.256 e. The quantitative estimate of drug-likeness (QED) is 0.148. The molecule has 0 N–H and O–H groups in total. The van der Waals surface area contributed by atoms with Gasteiger partial charge in [-0.25, -0.2) is 0 Å². The normalized spacial score (nSPS) is 15.3. The minimum atomic E-state index is -0.515. The third-order valence-corrected chi connectivity index (χ3v) is 23.2. The maximum absolute atomic E-state index is 10.1. The van der Waals surface area contributed by atoms with Crippen LogP contribution in [0.5, 0.6) is 11.5 Å². The Morgan fingerprint density at radius 2 is 0.830 bits per heavy atom. The number of ether oxygens (including phenoxy) is 1. The van der Waals surface area contributed by atoms with Gasteiger partial charge in [0.05, 0.1) is 33.4 Å². The highest BCUT2D eigenvalue weighted by Gasteiger charge is 2.49. The van der Waals surface area contributed by atoms with E-state index in [0.717, 1.165) is 140 Å². The average molecular weight is 1370 g/mol. The fourth-order valence-corrected chi connectivity index (χ4v) is 18.1. The topological polar surface area (TPSA) is 23.9 Å². The monoisotopic (exact) mass is 1370 g/mol. The van der Waals surface area contributed by atoms with Crippen molar-refractivity contribution < 1.29 is 15.7 Å². The summed E-state index contributed by atoms with van der Waals surface area (Å²) in [5, 5.41) is -0.00584. The van der Waals surface area contributed by atoms with Gasteiger partial charge in [0.25, 0.3) is 13.4 Å². The van der Waals surface area contributed by atoms with Gasteiger partial charge in [0.2, 0.25) is 0 Å². The van der Waals surface area contributed by atoms with E-state index >= 15 is 0 Å². The molecule has 0 saturated heterocycles. The highest BCUT2D eigenvalue weighted by atomic mass is 16.5. The molecule has 15 aromatic rings. The van der Waals surface area contributed by atoms with Crippen LogP contribution in [-0.2, 0) is 21.7 Å². The molecule has 14 aromatic carbocycles. The summed E-state index contributed by atoms with van der Waals surface area (Å²) in [6, 6.07) is 87.0. The molecule has 0 atom stereocenters. The number of hydrogen-bond acceptors (Lipinski definition) is 4. The summed E-state index contributed by atoms with van der Waals surface area (Å²) in [5.74, 6) is 1.44. The molecule has 0 spiro atoms. The van der Waals surface area contributed by atoms with Crippen LogP contribution in [0.2, 0.25) is 0 Å². The van der Waals surface area contributed by atoms with Crippen LogP contribution in [0, 0.1) is 0 Å². The number of fused-ring (bicyclic) bond motifs is 14. The second-order valence-electron chi connectivity index (χ2n) is 33.0. The number of nitrogens with zero attached hydrogens (tertiary/aromatic N) is 4. The van der Waals surface area contributed by atoms with Crippen LogP contribution >= 0.6 is 0 Å². The lowest BCUT2D eigenvalue weighted by atomic mass is 9.30. The Hall–Kier alpha value is -11.8. The van der Waals surface area contributed by atoms with E-state index in [-0.39, 0.29) is 62.3 Å². The molecule has 0 bridgehead atoms. The van der Waals surface area contributed by atoms with Gasteiger partial charge < -0.3 is 24.0 Å². The zero-order chi connectivity index (χ0) is 79.0.